The lowest BCUT2D eigenvalue weighted by molar-refractivity contribution is -0.120. The van der Waals surface area contributed by atoms with E-state index in [2.05, 4.69) is 10.6 Å². The fraction of sp³-hybridized carbons (Fsp3) is 0.320. The molecule has 0 aliphatic heterocycles. The average molecular weight is 417 g/mol. The van der Waals surface area contributed by atoms with Crippen LogP contribution in [0.4, 0.5) is 5.82 Å². The minimum atomic E-state index is -0.388. The van der Waals surface area contributed by atoms with E-state index in [0.29, 0.717) is 11.7 Å². The largest absolute Gasteiger partial charge is 0.349 e. The first-order valence-corrected chi connectivity index (χ1v) is 10.9. The second-order valence-corrected chi connectivity index (χ2v) is 8.10. The molecule has 1 unspecified atom stereocenters. The Balaban J connectivity index is 1.57. The Bertz CT molecular complexity index is 1020. The van der Waals surface area contributed by atoms with Crippen LogP contribution in [0.5, 0.6) is 0 Å². The standard InChI is InChI=1S/C25H28N4O2/c1-18(30)26-22(19-10-4-2-5-11-19)17-25(31)27-24-16-23(20-12-8-9-13-20)28-29(24)21-14-6-3-7-15-21/h2-7,10-11,14-16,20,22H,8-9,12-13,17H2,1H3,(H,26,30)(H,27,31). The Hall–Kier alpha value is -3.41. The van der Waals surface area contributed by atoms with Crippen LogP contribution in [0.2, 0.25) is 0 Å². The number of amides is 2. The summed E-state index contributed by atoms with van der Waals surface area (Å²) < 4.78 is 1.81. The van der Waals surface area contributed by atoms with Crippen molar-refractivity contribution in [2.45, 2.75) is 51.0 Å². The Labute approximate surface area is 182 Å². The predicted octanol–water partition coefficient (Wildman–Crippen LogP) is 4.74. The first-order valence-electron chi connectivity index (χ1n) is 10.9. The zero-order valence-electron chi connectivity index (χ0n) is 17.8. The fourth-order valence-electron chi connectivity index (χ4n) is 4.24. The van der Waals surface area contributed by atoms with Gasteiger partial charge in [-0.25, -0.2) is 4.68 Å². The number of rotatable bonds is 7. The Morgan fingerprint density at radius 2 is 1.68 bits per heavy atom. The summed E-state index contributed by atoms with van der Waals surface area (Å²) in [5.74, 6) is 0.766. The van der Waals surface area contributed by atoms with Crippen LogP contribution in [0.25, 0.3) is 5.69 Å². The SMILES string of the molecule is CC(=O)NC(CC(=O)Nc1cc(C2CCCC2)nn1-c1ccccc1)c1ccccc1. The molecule has 1 fully saturated rings. The van der Waals surface area contributed by atoms with Crippen LogP contribution in [0.15, 0.2) is 66.7 Å². The van der Waals surface area contributed by atoms with Gasteiger partial charge < -0.3 is 10.6 Å². The molecule has 1 aliphatic carbocycles. The van der Waals surface area contributed by atoms with Crippen molar-refractivity contribution in [3.8, 4) is 5.69 Å². The molecule has 1 heterocycles. The lowest BCUT2D eigenvalue weighted by atomic mass is 10.0. The molecule has 160 valence electrons. The molecule has 0 saturated heterocycles. The number of benzene rings is 2. The maximum absolute atomic E-state index is 13.0. The fourth-order valence-corrected chi connectivity index (χ4v) is 4.24. The molecule has 31 heavy (non-hydrogen) atoms. The minimum absolute atomic E-state index is 0.141. The van der Waals surface area contributed by atoms with Crippen molar-refractivity contribution >= 4 is 17.6 Å². The molecule has 4 rings (SSSR count). The number of anilines is 1. The summed E-state index contributed by atoms with van der Waals surface area (Å²) in [6, 6.07) is 21.0. The van der Waals surface area contributed by atoms with E-state index in [0.717, 1.165) is 29.8 Å². The summed E-state index contributed by atoms with van der Waals surface area (Å²) in [6.07, 6.45) is 4.86. The Kier molecular flexibility index (Phi) is 6.46. The quantitative estimate of drug-likeness (QED) is 0.584. The molecule has 6 nitrogen and oxygen atoms in total. The molecule has 0 bridgehead atoms. The number of carbonyl (C=O) groups is 2. The zero-order valence-corrected chi connectivity index (χ0v) is 17.8. The molecule has 0 radical (unpaired) electrons. The van der Waals surface area contributed by atoms with Crippen molar-refractivity contribution < 1.29 is 9.59 Å². The molecule has 1 aliphatic rings. The van der Waals surface area contributed by atoms with Crippen molar-refractivity contribution in [1.82, 2.24) is 15.1 Å². The van der Waals surface area contributed by atoms with Crippen LogP contribution < -0.4 is 10.6 Å². The first kappa shape index (κ1) is 20.8. The van der Waals surface area contributed by atoms with Crippen LogP contribution in [-0.4, -0.2) is 21.6 Å². The summed E-state index contributed by atoms with van der Waals surface area (Å²) >= 11 is 0. The van der Waals surface area contributed by atoms with Crippen molar-refractivity contribution in [1.29, 1.82) is 0 Å². The van der Waals surface area contributed by atoms with Crippen LogP contribution in [0, 0.1) is 0 Å². The van der Waals surface area contributed by atoms with Gasteiger partial charge in [-0.2, -0.15) is 5.10 Å². The third-order valence-electron chi connectivity index (χ3n) is 5.74. The van der Waals surface area contributed by atoms with E-state index in [1.54, 1.807) is 0 Å². The minimum Gasteiger partial charge on any atom is -0.349 e. The number of carbonyl (C=O) groups excluding carboxylic acids is 2. The summed E-state index contributed by atoms with van der Waals surface area (Å²) in [4.78, 5) is 24.7. The first-order chi connectivity index (χ1) is 15.1. The lowest BCUT2D eigenvalue weighted by Crippen LogP contribution is -2.30. The summed E-state index contributed by atoms with van der Waals surface area (Å²) in [5.41, 5.74) is 2.83. The van der Waals surface area contributed by atoms with Gasteiger partial charge in [0.05, 0.1) is 23.8 Å². The summed E-state index contributed by atoms with van der Waals surface area (Å²) in [5, 5.41) is 10.8. The number of hydrogen-bond acceptors (Lipinski definition) is 3. The maximum atomic E-state index is 13.0. The Morgan fingerprint density at radius 3 is 2.32 bits per heavy atom. The van der Waals surface area contributed by atoms with E-state index >= 15 is 0 Å². The highest BCUT2D eigenvalue weighted by atomic mass is 16.2. The normalized spacial score (nSPS) is 14.9. The molecule has 6 heteroatoms. The lowest BCUT2D eigenvalue weighted by Gasteiger charge is -2.18. The smallest absolute Gasteiger partial charge is 0.227 e. The maximum Gasteiger partial charge on any atom is 0.227 e. The molecular formula is C25H28N4O2. The highest BCUT2D eigenvalue weighted by Gasteiger charge is 2.23. The number of para-hydroxylation sites is 1. The number of nitrogens with zero attached hydrogens (tertiary/aromatic N) is 2. The van der Waals surface area contributed by atoms with Crippen molar-refractivity contribution in [2.24, 2.45) is 0 Å². The summed E-state index contributed by atoms with van der Waals surface area (Å²) in [7, 11) is 0. The second-order valence-electron chi connectivity index (χ2n) is 8.10. The van der Waals surface area contributed by atoms with Crippen molar-refractivity contribution in [2.75, 3.05) is 5.32 Å². The van der Waals surface area contributed by atoms with Crippen LogP contribution in [-0.2, 0) is 9.59 Å². The molecule has 1 saturated carbocycles. The number of aromatic nitrogens is 2. The van der Waals surface area contributed by atoms with Crippen LogP contribution in [0.1, 0.15) is 62.2 Å². The van der Waals surface area contributed by atoms with Crippen LogP contribution in [0.3, 0.4) is 0 Å². The molecule has 0 spiro atoms. The van der Waals surface area contributed by atoms with Gasteiger partial charge in [0, 0.05) is 18.9 Å². The number of nitrogens with one attached hydrogen (secondary N) is 2. The van der Waals surface area contributed by atoms with Gasteiger partial charge in [-0.3, -0.25) is 9.59 Å². The van der Waals surface area contributed by atoms with Crippen molar-refractivity contribution in [3.05, 3.63) is 78.0 Å². The third-order valence-corrected chi connectivity index (χ3v) is 5.74. The van der Waals surface area contributed by atoms with Gasteiger partial charge in [-0.15, -0.1) is 0 Å². The van der Waals surface area contributed by atoms with Gasteiger partial charge in [0.1, 0.15) is 5.82 Å². The van der Waals surface area contributed by atoms with E-state index < -0.39 is 0 Å². The van der Waals surface area contributed by atoms with Crippen molar-refractivity contribution in [3.63, 3.8) is 0 Å². The van der Waals surface area contributed by atoms with Crippen LogP contribution >= 0.6 is 0 Å². The predicted molar refractivity (Wildman–Crippen MR) is 121 cm³/mol. The number of hydrogen-bond donors (Lipinski definition) is 2. The van der Waals surface area contributed by atoms with E-state index in [9.17, 15) is 9.59 Å². The van der Waals surface area contributed by atoms with Gasteiger partial charge in [-0.05, 0) is 30.5 Å². The van der Waals surface area contributed by atoms with Gasteiger partial charge in [0.25, 0.3) is 0 Å². The van der Waals surface area contributed by atoms with E-state index in [-0.39, 0.29) is 24.3 Å². The summed E-state index contributed by atoms with van der Waals surface area (Å²) in [6.45, 7) is 1.46. The van der Waals surface area contributed by atoms with Gasteiger partial charge in [0.15, 0.2) is 0 Å². The monoisotopic (exact) mass is 416 g/mol. The van der Waals surface area contributed by atoms with Gasteiger partial charge in [0.2, 0.25) is 11.8 Å². The van der Waals surface area contributed by atoms with E-state index in [4.69, 9.17) is 5.10 Å². The molecular weight excluding hydrogens is 388 g/mol. The third kappa shape index (κ3) is 5.20. The topological polar surface area (TPSA) is 76.0 Å². The average Bonchev–Trinajstić information content (AvgIpc) is 3.44. The molecule has 2 amide bonds. The van der Waals surface area contributed by atoms with E-state index in [1.165, 1.54) is 19.8 Å². The highest BCUT2D eigenvalue weighted by molar-refractivity contribution is 5.91. The van der Waals surface area contributed by atoms with Gasteiger partial charge >= 0.3 is 0 Å². The molecule has 1 aromatic heterocycles. The van der Waals surface area contributed by atoms with Gasteiger partial charge in [-0.1, -0.05) is 61.4 Å². The second kappa shape index (κ2) is 9.60. The molecule has 3 aromatic rings. The van der Waals surface area contributed by atoms with E-state index in [1.807, 2.05) is 71.4 Å². The zero-order chi connectivity index (χ0) is 21.6. The molecule has 2 aromatic carbocycles. The Morgan fingerprint density at radius 1 is 1.03 bits per heavy atom. The molecule has 2 N–H and O–H groups in total. The molecule has 1 atom stereocenters. The highest BCUT2D eigenvalue weighted by Crippen LogP contribution is 2.35.